The first-order valence-corrected chi connectivity index (χ1v) is 23.0. The molecule has 348 valence electrons. The minimum atomic E-state index is -1.03. The van der Waals surface area contributed by atoms with Crippen LogP contribution in [-0.2, 0) is 41.9 Å². The Labute approximate surface area is 392 Å². The number of ether oxygens (including phenoxy) is 2. The van der Waals surface area contributed by atoms with Crippen molar-refractivity contribution < 1.29 is 38.2 Å². The summed E-state index contributed by atoms with van der Waals surface area (Å²) in [7, 11) is 0. The number of allylic oxidation sites excluding steroid dienone is 6. The molecular formula is C58H68O8. The number of rotatable bonds is 16. The molecule has 0 aliphatic heterocycles. The predicted molar refractivity (Wildman–Crippen MR) is 261 cm³/mol. The summed E-state index contributed by atoms with van der Waals surface area (Å²) in [5, 5.41) is 0. The fourth-order valence-corrected chi connectivity index (χ4v) is 9.12. The third kappa shape index (κ3) is 15.7. The lowest BCUT2D eigenvalue weighted by atomic mass is 9.64. The lowest BCUT2D eigenvalue weighted by Crippen LogP contribution is -2.40. The molecule has 0 aromatic heterocycles. The Bertz CT molecular complexity index is 2290. The summed E-state index contributed by atoms with van der Waals surface area (Å²) in [5.41, 5.74) is 2.68. The molecule has 0 N–H and O–H groups in total. The summed E-state index contributed by atoms with van der Waals surface area (Å²) in [6.45, 7) is 16.8. The zero-order valence-corrected chi connectivity index (χ0v) is 40.0. The van der Waals surface area contributed by atoms with E-state index in [0.29, 0.717) is 17.0 Å². The van der Waals surface area contributed by atoms with Crippen molar-refractivity contribution in [3.63, 3.8) is 0 Å². The third-order valence-corrected chi connectivity index (χ3v) is 12.4. The minimum absolute atomic E-state index is 0.0936. The molecule has 0 saturated carbocycles. The average Bonchev–Trinajstić information content (AvgIpc) is 3.29. The maximum Gasteiger partial charge on any atom is 0.317 e. The van der Waals surface area contributed by atoms with E-state index in [1.807, 2.05) is 92.7 Å². The number of carbonyl (C=O) groups excluding carboxylic acids is 6. The lowest BCUT2D eigenvalue weighted by molar-refractivity contribution is -0.150. The number of hydrogen-bond acceptors (Lipinski definition) is 8. The maximum atomic E-state index is 13.4. The molecule has 4 aromatic carbocycles. The SMILES string of the molecule is C/C=C/C(=O)C1C(C)C=CCC1(C)C.CC1C=CCC(C)(C)C1C(=O)CC(C)C(C(=O)OCc1ccccc1)C(=O)c1ccccc1.O=C(CC(=O)c1ccccc1)OCc1ccccc1. The number of Topliss-reactive ketones (excluding diaryl/α,β-unsaturated/α-hetero) is 3. The van der Waals surface area contributed by atoms with Crippen molar-refractivity contribution in [2.45, 2.75) is 94.3 Å². The van der Waals surface area contributed by atoms with E-state index in [2.05, 4.69) is 65.8 Å². The molecule has 0 amide bonds. The topological polar surface area (TPSA) is 121 Å². The number of hydrogen-bond donors (Lipinski definition) is 0. The van der Waals surface area contributed by atoms with Gasteiger partial charge in [0.1, 0.15) is 31.3 Å². The van der Waals surface area contributed by atoms with E-state index in [-0.39, 0.29) is 77.8 Å². The van der Waals surface area contributed by atoms with Crippen molar-refractivity contribution in [3.05, 3.63) is 180 Å². The molecule has 0 radical (unpaired) electrons. The van der Waals surface area contributed by atoms with Gasteiger partial charge in [-0.25, -0.2) is 0 Å². The van der Waals surface area contributed by atoms with Crippen molar-refractivity contribution in [2.75, 3.05) is 0 Å². The molecule has 4 aromatic rings. The zero-order valence-electron chi connectivity index (χ0n) is 40.0. The van der Waals surface area contributed by atoms with E-state index in [4.69, 9.17) is 9.47 Å². The van der Waals surface area contributed by atoms with Crippen LogP contribution < -0.4 is 0 Å². The Kier molecular flexibility index (Phi) is 20.2. The molecule has 66 heavy (non-hydrogen) atoms. The largest absolute Gasteiger partial charge is 0.460 e. The van der Waals surface area contributed by atoms with Gasteiger partial charge in [-0.2, -0.15) is 0 Å². The van der Waals surface area contributed by atoms with Gasteiger partial charge in [-0.1, -0.05) is 200 Å². The van der Waals surface area contributed by atoms with Crippen LogP contribution in [0.5, 0.6) is 0 Å². The Balaban J connectivity index is 0.000000242. The average molecular weight is 893 g/mol. The van der Waals surface area contributed by atoms with E-state index in [1.165, 1.54) is 0 Å². The molecule has 8 nitrogen and oxygen atoms in total. The minimum Gasteiger partial charge on any atom is -0.460 e. The Hall–Kier alpha value is -6.28. The number of ketones is 4. The summed E-state index contributed by atoms with van der Waals surface area (Å²) < 4.78 is 10.6. The van der Waals surface area contributed by atoms with Gasteiger partial charge in [0.2, 0.25) is 0 Å². The highest BCUT2D eigenvalue weighted by atomic mass is 16.5. The van der Waals surface area contributed by atoms with Crippen LogP contribution in [0.3, 0.4) is 0 Å². The summed E-state index contributed by atoms with van der Waals surface area (Å²) in [4.78, 5) is 75.2. The molecule has 2 aliphatic carbocycles. The fraction of sp³-hybridized carbons (Fsp3) is 0.379. The van der Waals surface area contributed by atoms with Crippen LogP contribution in [0.25, 0.3) is 0 Å². The van der Waals surface area contributed by atoms with Gasteiger partial charge < -0.3 is 9.47 Å². The van der Waals surface area contributed by atoms with Gasteiger partial charge in [-0.05, 0) is 65.6 Å². The lowest BCUT2D eigenvalue weighted by Gasteiger charge is -2.39. The van der Waals surface area contributed by atoms with Crippen LogP contribution in [0.2, 0.25) is 0 Å². The third-order valence-electron chi connectivity index (χ3n) is 12.4. The summed E-state index contributed by atoms with van der Waals surface area (Å²) >= 11 is 0. The smallest absolute Gasteiger partial charge is 0.317 e. The fourth-order valence-electron chi connectivity index (χ4n) is 9.12. The van der Waals surface area contributed by atoms with Crippen LogP contribution in [0.4, 0.5) is 0 Å². The van der Waals surface area contributed by atoms with Gasteiger partial charge in [-0.3, -0.25) is 28.8 Å². The highest BCUT2D eigenvalue weighted by Gasteiger charge is 2.42. The van der Waals surface area contributed by atoms with E-state index in [1.54, 1.807) is 54.6 Å². The number of esters is 2. The Morgan fingerprint density at radius 2 is 1.06 bits per heavy atom. The Morgan fingerprint density at radius 3 is 1.53 bits per heavy atom. The van der Waals surface area contributed by atoms with E-state index < -0.39 is 23.8 Å². The summed E-state index contributed by atoms with van der Waals surface area (Å²) in [5.74, 6) is -2.24. The molecule has 6 unspecified atom stereocenters. The quantitative estimate of drug-likeness (QED) is 0.0358. The molecule has 6 atom stereocenters. The number of benzene rings is 4. The number of carbonyl (C=O) groups is 6. The molecule has 0 spiro atoms. The highest BCUT2D eigenvalue weighted by molar-refractivity contribution is 6.09. The molecule has 6 rings (SSSR count). The standard InChI is InChI=1S/C29H34O4.C16H14O3.C13H20O/c1-20-12-11-17-29(3,4)26(20)24(30)18-21(2)25(27(31)23-15-9-6-10-16-23)28(32)33-19-22-13-7-5-8-14-22;17-15(14-9-5-2-6-10-14)11-16(18)19-12-13-7-3-1-4-8-13;1-5-7-11(14)12-10(2)8-6-9-13(12,3)4/h5-16,20-21,25-26H,17-19H2,1-4H3;1-10H,11-12H2;5-8,10,12H,9H2,1-4H3/b;;7-5+. The van der Waals surface area contributed by atoms with Crippen LogP contribution in [-0.4, -0.2) is 35.1 Å². The predicted octanol–water partition coefficient (Wildman–Crippen LogP) is 12.4. The molecule has 8 heteroatoms. The van der Waals surface area contributed by atoms with Gasteiger partial charge in [-0.15, -0.1) is 0 Å². The zero-order chi connectivity index (χ0) is 48.3. The second kappa shape index (κ2) is 25.4. The maximum absolute atomic E-state index is 13.4. The van der Waals surface area contributed by atoms with Crippen molar-refractivity contribution in [3.8, 4) is 0 Å². The van der Waals surface area contributed by atoms with E-state index in [0.717, 1.165) is 24.0 Å². The highest BCUT2D eigenvalue weighted by Crippen LogP contribution is 2.43. The molecule has 2 aliphatic rings. The summed E-state index contributed by atoms with van der Waals surface area (Å²) in [6, 6.07) is 36.3. The van der Waals surface area contributed by atoms with E-state index >= 15 is 0 Å². The van der Waals surface area contributed by atoms with E-state index in [9.17, 15) is 28.8 Å². The van der Waals surface area contributed by atoms with Gasteiger partial charge >= 0.3 is 11.9 Å². The molecule has 0 bridgehead atoms. The van der Waals surface area contributed by atoms with Crippen molar-refractivity contribution in [1.82, 2.24) is 0 Å². The molecular weight excluding hydrogens is 825 g/mol. The monoisotopic (exact) mass is 892 g/mol. The van der Waals surface area contributed by atoms with Gasteiger partial charge in [0.15, 0.2) is 17.3 Å². The summed E-state index contributed by atoms with van der Waals surface area (Å²) in [6.07, 6.45) is 13.9. The van der Waals surface area contributed by atoms with Crippen LogP contribution in [0.15, 0.2) is 158 Å². The molecule has 0 saturated heterocycles. The normalized spacial score (nSPS) is 19.9. The van der Waals surface area contributed by atoms with Crippen molar-refractivity contribution in [1.29, 1.82) is 0 Å². The second-order valence-electron chi connectivity index (χ2n) is 18.9. The van der Waals surface area contributed by atoms with Crippen LogP contribution in [0.1, 0.15) is 113 Å². The molecule has 0 heterocycles. The first kappa shape index (κ1) is 52.3. The first-order chi connectivity index (χ1) is 31.4. The van der Waals surface area contributed by atoms with Gasteiger partial charge in [0.05, 0.1) is 0 Å². The van der Waals surface area contributed by atoms with Crippen LogP contribution in [0, 0.1) is 46.3 Å². The van der Waals surface area contributed by atoms with Gasteiger partial charge in [0.25, 0.3) is 0 Å². The van der Waals surface area contributed by atoms with Crippen LogP contribution >= 0.6 is 0 Å². The van der Waals surface area contributed by atoms with Gasteiger partial charge in [0, 0.05) is 29.4 Å². The first-order valence-electron chi connectivity index (χ1n) is 23.0. The Morgan fingerprint density at radius 1 is 0.621 bits per heavy atom. The second-order valence-corrected chi connectivity index (χ2v) is 18.9. The van der Waals surface area contributed by atoms with Crippen molar-refractivity contribution in [2.24, 2.45) is 46.3 Å². The molecule has 0 fully saturated rings. The van der Waals surface area contributed by atoms with Crippen molar-refractivity contribution >= 4 is 35.1 Å².